The Labute approximate surface area is 73.4 Å². The Morgan fingerprint density at radius 2 is 2.00 bits per heavy atom. The predicted molar refractivity (Wildman–Crippen MR) is 18.4 cm³/mol. The Kier molecular flexibility index (Phi) is 10.4. The summed E-state index contributed by atoms with van der Waals surface area (Å²) < 4.78 is 0. The summed E-state index contributed by atoms with van der Waals surface area (Å²) in [5.74, 6) is -1.29. The molecule has 0 fully saturated rings. The summed E-state index contributed by atoms with van der Waals surface area (Å²) in [6.07, 6.45) is 0. The molecule has 2 nitrogen and oxygen atoms in total. The van der Waals surface area contributed by atoms with E-state index in [-0.39, 0.29) is 46.7 Å². The number of halogens is 1. The maximum absolute atomic E-state index is 9.24. The zero-order valence-electron chi connectivity index (χ0n) is 2.94. The standard InChI is InChI=1S/C2H3ClO2.Nd/c3-1-2(4)5;/h1H2,(H,4,5);. The number of carboxylic acids is 1. The van der Waals surface area contributed by atoms with Crippen LogP contribution in [0.5, 0.6) is 0 Å². The van der Waals surface area contributed by atoms with E-state index in [1.165, 1.54) is 0 Å². The van der Waals surface area contributed by atoms with Crippen molar-refractivity contribution in [2.75, 3.05) is 5.88 Å². The van der Waals surface area contributed by atoms with Gasteiger partial charge in [-0.05, 0) is 0 Å². The topological polar surface area (TPSA) is 37.3 Å². The SMILES string of the molecule is O=C(O)CCl.[Nd]. The van der Waals surface area contributed by atoms with Crippen molar-refractivity contribution in [2.24, 2.45) is 0 Å². The number of carbonyl (C=O) groups is 1. The smallest absolute Gasteiger partial charge is 0.318 e. The van der Waals surface area contributed by atoms with Gasteiger partial charge in [-0.2, -0.15) is 0 Å². The van der Waals surface area contributed by atoms with Crippen LogP contribution in [0.3, 0.4) is 0 Å². The monoisotopic (exact) mass is 236 g/mol. The number of rotatable bonds is 1. The first kappa shape index (κ1) is 10.2. The molecule has 0 aromatic heterocycles. The first-order valence-electron chi connectivity index (χ1n) is 1.05. The number of aliphatic carboxylic acids is 1. The summed E-state index contributed by atoms with van der Waals surface area (Å²) in [5.41, 5.74) is 0. The van der Waals surface area contributed by atoms with Crippen molar-refractivity contribution in [1.82, 2.24) is 0 Å². The fraction of sp³-hybridized carbons (Fsp3) is 0.500. The molecule has 0 aromatic carbocycles. The summed E-state index contributed by atoms with van der Waals surface area (Å²) in [4.78, 5) is 9.24. The van der Waals surface area contributed by atoms with Crippen molar-refractivity contribution < 1.29 is 50.7 Å². The largest absolute Gasteiger partial charge is 0.480 e. The maximum atomic E-state index is 9.24. The molecule has 0 saturated heterocycles. The second-order valence-corrected chi connectivity index (χ2v) is 0.795. The van der Waals surface area contributed by atoms with E-state index in [2.05, 4.69) is 0 Å². The van der Waals surface area contributed by atoms with Crippen molar-refractivity contribution in [3.05, 3.63) is 0 Å². The van der Waals surface area contributed by atoms with E-state index in [1.54, 1.807) is 0 Å². The summed E-state index contributed by atoms with van der Waals surface area (Å²) in [5, 5.41) is 7.59. The molecule has 0 aliphatic rings. The van der Waals surface area contributed by atoms with E-state index >= 15 is 0 Å². The first-order chi connectivity index (χ1) is 2.27. The zero-order valence-corrected chi connectivity index (χ0v) is 6.90. The predicted octanol–water partition coefficient (Wildman–Crippen LogP) is 0.310. The van der Waals surface area contributed by atoms with Crippen molar-refractivity contribution in [1.29, 1.82) is 0 Å². The average Bonchev–Trinajstić information content (AvgIpc) is 1.38. The molecular formula is C2H3ClNdO2. The van der Waals surface area contributed by atoms with Crippen LogP contribution in [0.4, 0.5) is 0 Å². The van der Waals surface area contributed by atoms with Gasteiger partial charge in [0, 0.05) is 40.8 Å². The fourth-order valence-corrected chi connectivity index (χ4v) is 0. The van der Waals surface area contributed by atoms with Crippen molar-refractivity contribution in [3.63, 3.8) is 0 Å². The van der Waals surface area contributed by atoms with Crippen LogP contribution in [-0.2, 0) is 4.79 Å². The average molecular weight is 239 g/mol. The molecule has 0 saturated carbocycles. The molecule has 0 unspecified atom stereocenters. The van der Waals surface area contributed by atoms with Gasteiger partial charge in [-0.25, -0.2) is 0 Å². The zero-order chi connectivity index (χ0) is 4.28. The van der Waals surface area contributed by atoms with Gasteiger partial charge < -0.3 is 5.11 Å². The van der Waals surface area contributed by atoms with Crippen molar-refractivity contribution in [3.8, 4) is 0 Å². The summed E-state index contributed by atoms with van der Waals surface area (Å²) in [7, 11) is 0. The third-order valence-corrected chi connectivity index (χ3v) is 0.343. The molecule has 0 aromatic rings. The molecule has 4 heteroatoms. The van der Waals surface area contributed by atoms with Gasteiger partial charge in [0.2, 0.25) is 0 Å². The van der Waals surface area contributed by atoms with E-state index in [1.807, 2.05) is 0 Å². The Morgan fingerprint density at radius 3 is 2.00 bits per heavy atom. The Hall–Kier alpha value is 1.11. The minimum absolute atomic E-state index is 0. The number of carboxylic acid groups (broad SMARTS) is 1. The van der Waals surface area contributed by atoms with Crippen molar-refractivity contribution in [2.45, 2.75) is 0 Å². The van der Waals surface area contributed by atoms with Crippen LogP contribution in [0.15, 0.2) is 0 Å². The molecule has 0 rings (SSSR count). The molecule has 0 radical (unpaired) electrons. The Bertz CT molecular complexity index is 46.8. The molecule has 0 spiro atoms. The maximum Gasteiger partial charge on any atom is 0.318 e. The van der Waals surface area contributed by atoms with Crippen LogP contribution in [0.25, 0.3) is 0 Å². The van der Waals surface area contributed by atoms with E-state index in [0.29, 0.717) is 0 Å². The molecule has 34 valence electrons. The Balaban J connectivity index is 0. The van der Waals surface area contributed by atoms with E-state index in [9.17, 15) is 4.79 Å². The number of alkyl halides is 1. The summed E-state index contributed by atoms with van der Waals surface area (Å²) in [6.45, 7) is 0. The minimum Gasteiger partial charge on any atom is -0.480 e. The van der Waals surface area contributed by atoms with Crippen molar-refractivity contribution >= 4 is 17.6 Å². The van der Waals surface area contributed by atoms with Gasteiger partial charge in [-0.3, -0.25) is 4.79 Å². The van der Waals surface area contributed by atoms with Gasteiger partial charge in [0.1, 0.15) is 5.88 Å². The molecule has 6 heavy (non-hydrogen) atoms. The van der Waals surface area contributed by atoms with E-state index < -0.39 is 5.97 Å². The molecular weight excluding hydrogens is 236 g/mol. The number of hydrogen-bond donors (Lipinski definition) is 1. The molecule has 0 aliphatic carbocycles. The van der Waals surface area contributed by atoms with Gasteiger partial charge in [-0.1, -0.05) is 0 Å². The van der Waals surface area contributed by atoms with Crippen LogP contribution >= 0.6 is 11.6 Å². The molecule has 1 N–H and O–H groups in total. The molecule has 0 atom stereocenters. The molecule has 0 aliphatic heterocycles. The minimum atomic E-state index is -0.980. The second kappa shape index (κ2) is 6.11. The third kappa shape index (κ3) is 8.92. The van der Waals surface area contributed by atoms with Crippen LogP contribution in [0.1, 0.15) is 0 Å². The fourth-order valence-electron chi connectivity index (χ4n) is 0. The van der Waals surface area contributed by atoms with Crippen LogP contribution in [-0.4, -0.2) is 17.0 Å². The van der Waals surface area contributed by atoms with Crippen LogP contribution < -0.4 is 0 Å². The van der Waals surface area contributed by atoms with Gasteiger partial charge >= 0.3 is 5.97 Å². The van der Waals surface area contributed by atoms with E-state index in [0.717, 1.165) is 0 Å². The van der Waals surface area contributed by atoms with Crippen LogP contribution in [0.2, 0.25) is 0 Å². The summed E-state index contributed by atoms with van der Waals surface area (Å²) >= 11 is 4.74. The van der Waals surface area contributed by atoms with E-state index in [4.69, 9.17) is 16.7 Å². The van der Waals surface area contributed by atoms with Gasteiger partial charge in [0.05, 0.1) is 0 Å². The van der Waals surface area contributed by atoms with Gasteiger partial charge in [0.15, 0.2) is 0 Å². The molecule has 0 bridgehead atoms. The van der Waals surface area contributed by atoms with Gasteiger partial charge in [0.25, 0.3) is 0 Å². The number of hydrogen-bond acceptors (Lipinski definition) is 1. The quantitative estimate of drug-likeness (QED) is 0.668. The molecule has 0 amide bonds. The first-order valence-corrected chi connectivity index (χ1v) is 1.58. The summed E-state index contributed by atoms with van der Waals surface area (Å²) in [6, 6.07) is 0. The third-order valence-electron chi connectivity index (χ3n) is 0.114. The van der Waals surface area contributed by atoms with Gasteiger partial charge in [-0.15, -0.1) is 11.6 Å². The normalized spacial score (nSPS) is 6.17. The van der Waals surface area contributed by atoms with Crippen LogP contribution in [0, 0.1) is 40.8 Å². The second-order valence-electron chi connectivity index (χ2n) is 0.527. The molecule has 0 heterocycles. The Morgan fingerprint density at radius 1 is 1.83 bits per heavy atom.